The van der Waals surface area contributed by atoms with Gasteiger partial charge in [0.2, 0.25) is 5.91 Å². The van der Waals surface area contributed by atoms with Gasteiger partial charge < -0.3 is 30.9 Å². The van der Waals surface area contributed by atoms with Crippen LogP contribution in [0.5, 0.6) is 0 Å². The summed E-state index contributed by atoms with van der Waals surface area (Å²) in [6.45, 7) is 1.19. The molecular formula is C8H12CuN2O5S2. The molecule has 3 N–H and O–H groups in total. The van der Waals surface area contributed by atoms with Crippen LogP contribution in [0.4, 0.5) is 0 Å². The quantitative estimate of drug-likeness (QED) is 0.266. The van der Waals surface area contributed by atoms with Crippen LogP contribution in [0.1, 0.15) is 6.92 Å². The maximum absolute atomic E-state index is 10.7. The molecule has 0 heterocycles. The molecule has 2 atom stereocenters. The summed E-state index contributed by atoms with van der Waals surface area (Å²) in [5.74, 6) is -3.08. The second kappa shape index (κ2) is 10.5. The van der Waals surface area contributed by atoms with Crippen LogP contribution in [0, 0.1) is 0 Å². The summed E-state index contributed by atoms with van der Waals surface area (Å²) >= 11 is 0. The van der Waals surface area contributed by atoms with Crippen LogP contribution in [0.2, 0.25) is 0 Å². The number of carbonyl (C=O) groups excluding carboxylic acids is 3. The van der Waals surface area contributed by atoms with Gasteiger partial charge in [-0.2, -0.15) is 0 Å². The van der Waals surface area contributed by atoms with E-state index in [-0.39, 0.29) is 28.6 Å². The number of carboxylic acid groups (broad SMARTS) is 2. The molecule has 10 heteroatoms. The van der Waals surface area contributed by atoms with E-state index in [1.54, 1.807) is 0 Å². The van der Waals surface area contributed by atoms with Crippen molar-refractivity contribution in [2.75, 3.05) is 11.5 Å². The molecule has 0 aromatic rings. The normalized spacial score (nSPS) is 13.0. The molecule has 0 aromatic carbocycles. The third-order valence-electron chi connectivity index (χ3n) is 1.53. The number of carboxylic acids is 2. The number of hydrogen-bond donors (Lipinski definition) is 2. The van der Waals surface area contributed by atoms with Gasteiger partial charge >= 0.3 is 17.1 Å². The summed E-state index contributed by atoms with van der Waals surface area (Å²) in [6.07, 6.45) is 0. The van der Waals surface area contributed by atoms with Crippen LogP contribution < -0.4 is 21.3 Å². The van der Waals surface area contributed by atoms with Crippen LogP contribution in [0.15, 0.2) is 0 Å². The molecule has 0 saturated heterocycles. The largest absolute Gasteiger partial charge is 2.00 e. The molecule has 0 bridgehead atoms. The zero-order valence-electron chi connectivity index (χ0n) is 9.31. The Hall–Kier alpha value is -0.411. The Morgan fingerprint density at radius 2 is 1.67 bits per heavy atom. The number of hydrogen-bond acceptors (Lipinski definition) is 8. The third-order valence-corrected chi connectivity index (χ3v) is 3.98. The van der Waals surface area contributed by atoms with Gasteiger partial charge in [-0.1, -0.05) is 21.6 Å². The van der Waals surface area contributed by atoms with E-state index in [9.17, 15) is 24.6 Å². The fraction of sp³-hybridized carbons (Fsp3) is 0.625. The standard InChI is InChI=1S/C8H14N2O5S2.Cu/c1-4(11)10-6(8(14)15)3-17-16-2-5(9)7(12)13;/h5-6H,2-3,9H2,1H3,(H,10,11)(H,12,13)(H,14,15);/q;+2/p-2/t5?,6-;/m0./s1. The molecule has 18 heavy (non-hydrogen) atoms. The van der Waals surface area contributed by atoms with Gasteiger partial charge in [0.15, 0.2) is 0 Å². The predicted molar refractivity (Wildman–Crippen MR) is 60.5 cm³/mol. The van der Waals surface area contributed by atoms with E-state index in [0.29, 0.717) is 0 Å². The average molecular weight is 344 g/mol. The minimum Gasteiger partial charge on any atom is -0.548 e. The number of aliphatic carboxylic acids is 2. The van der Waals surface area contributed by atoms with Crippen LogP contribution in [0.25, 0.3) is 0 Å². The minimum atomic E-state index is -1.39. The first kappa shape index (κ1) is 19.9. The van der Waals surface area contributed by atoms with E-state index in [0.717, 1.165) is 21.6 Å². The van der Waals surface area contributed by atoms with Crippen molar-refractivity contribution in [3.8, 4) is 0 Å². The van der Waals surface area contributed by atoms with Gasteiger partial charge in [0.1, 0.15) is 0 Å². The Morgan fingerprint density at radius 3 is 2.06 bits per heavy atom. The van der Waals surface area contributed by atoms with E-state index in [2.05, 4.69) is 5.32 Å². The zero-order chi connectivity index (χ0) is 13.4. The van der Waals surface area contributed by atoms with Crippen molar-refractivity contribution in [1.82, 2.24) is 5.32 Å². The summed E-state index contributed by atoms with van der Waals surface area (Å²) in [4.78, 5) is 31.5. The molecule has 7 nitrogen and oxygen atoms in total. The van der Waals surface area contributed by atoms with Crippen molar-refractivity contribution < 1.29 is 41.7 Å². The number of amides is 1. The molecule has 0 aliphatic carbocycles. The molecule has 0 saturated carbocycles. The first-order valence-electron chi connectivity index (χ1n) is 4.53. The monoisotopic (exact) mass is 343 g/mol. The first-order valence-corrected chi connectivity index (χ1v) is 7.02. The van der Waals surface area contributed by atoms with Gasteiger partial charge in [0.05, 0.1) is 24.0 Å². The van der Waals surface area contributed by atoms with Gasteiger partial charge in [-0.25, -0.2) is 0 Å². The molecule has 1 radical (unpaired) electrons. The SMILES string of the molecule is CC(=O)N[C@@H](CSSCC(N)C(=O)[O-])C(=O)[O-].[Cu+2]. The topological polar surface area (TPSA) is 135 Å². The average Bonchev–Trinajstić information content (AvgIpc) is 2.21. The van der Waals surface area contributed by atoms with Crippen LogP contribution in [-0.2, 0) is 31.5 Å². The molecule has 1 unspecified atom stereocenters. The van der Waals surface area contributed by atoms with E-state index < -0.39 is 29.9 Å². The summed E-state index contributed by atoms with van der Waals surface area (Å²) in [5.41, 5.74) is 5.18. The van der Waals surface area contributed by atoms with Crippen molar-refractivity contribution in [1.29, 1.82) is 0 Å². The summed E-state index contributed by atoms with van der Waals surface area (Å²) in [5, 5.41) is 23.1. The van der Waals surface area contributed by atoms with Crippen molar-refractivity contribution >= 4 is 39.4 Å². The Kier molecular flexibility index (Phi) is 11.6. The summed E-state index contributed by atoms with van der Waals surface area (Å²) in [6, 6.07) is -2.21. The van der Waals surface area contributed by atoms with Crippen LogP contribution in [0.3, 0.4) is 0 Å². The van der Waals surface area contributed by atoms with E-state index in [4.69, 9.17) is 5.73 Å². The second-order valence-electron chi connectivity index (χ2n) is 3.07. The van der Waals surface area contributed by atoms with Gasteiger partial charge in [0.25, 0.3) is 0 Å². The summed E-state index contributed by atoms with van der Waals surface area (Å²) in [7, 11) is 2.18. The Labute approximate surface area is 122 Å². The molecule has 0 rings (SSSR count). The fourth-order valence-electron chi connectivity index (χ4n) is 0.720. The van der Waals surface area contributed by atoms with E-state index in [1.165, 1.54) is 6.92 Å². The number of carbonyl (C=O) groups is 3. The third kappa shape index (κ3) is 9.60. The number of nitrogens with two attached hydrogens (primary N) is 1. The van der Waals surface area contributed by atoms with Crippen molar-refractivity contribution in [2.45, 2.75) is 19.0 Å². The van der Waals surface area contributed by atoms with Gasteiger partial charge in [0, 0.05) is 18.4 Å². The first-order chi connectivity index (χ1) is 7.84. The predicted octanol–water partition coefficient (Wildman–Crippen LogP) is -3.30. The molecule has 0 aliphatic heterocycles. The maximum Gasteiger partial charge on any atom is 2.00 e. The number of rotatable bonds is 8. The van der Waals surface area contributed by atoms with Crippen molar-refractivity contribution in [3.05, 3.63) is 0 Å². The van der Waals surface area contributed by atoms with Gasteiger partial charge in [-0.15, -0.1) is 0 Å². The molecule has 0 aliphatic rings. The van der Waals surface area contributed by atoms with Crippen LogP contribution in [-0.4, -0.2) is 41.4 Å². The maximum atomic E-state index is 10.7. The van der Waals surface area contributed by atoms with Crippen molar-refractivity contribution in [2.24, 2.45) is 5.73 Å². The smallest absolute Gasteiger partial charge is 0.548 e. The summed E-state index contributed by atoms with van der Waals surface area (Å²) < 4.78 is 0. The Morgan fingerprint density at radius 1 is 1.17 bits per heavy atom. The molecule has 1 amide bonds. The second-order valence-corrected chi connectivity index (χ2v) is 5.62. The fourth-order valence-corrected chi connectivity index (χ4v) is 2.98. The number of nitrogens with one attached hydrogen (secondary N) is 1. The molecular weight excluding hydrogens is 332 g/mol. The molecule has 0 aromatic heterocycles. The molecule has 0 spiro atoms. The van der Waals surface area contributed by atoms with Crippen molar-refractivity contribution in [3.63, 3.8) is 0 Å². The Balaban J connectivity index is 0. The van der Waals surface area contributed by atoms with Gasteiger partial charge in [-0.05, 0) is 0 Å². The van der Waals surface area contributed by atoms with E-state index >= 15 is 0 Å². The van der Waals surface area contributed by atoms with E-state index in [1.807, 2.05) is 0 Å². The molecule has 107 valence electrons. The zero-order valence-corrected chi connectivity index (χ0v) is 11.9. The van der Waals surface area contributed by atoms with Gasteiger partial charge in [-0.3, -0.25) is 4.79 Å². The Bertz CT molecular complexity index is 305. The minimum absolute atomic E-state index is 0. The molecule has 0 fully saturated rings. The van der Waals surface area contributed by atoms with Crippen LogP contribution >= 0.6 is 21.6 Å².